The zero-order chi connectivity index (χ0) is 22.5. The highest BCUT2D eigenvalue weighted by Gasteiger charge is 2.27. The first-order valence-electron chi connectivity index (χ1n) is 13.6. The van der Waals surface area contributed by atoms with Crippen LogP contribution in [0.4, 0.5) is 0 Å². The molecule has 1 aliphatic heterocycles. The van der Waals surface area contributed by atoms with Crippen LogP contribution in [0.2, 0.25) is 0 Å². The number of nitrogens with one attached hydrogen (secondary N) is 1. The average Bonchev–Trinajstić information content (AvgIpc) is 2.80. The number of rotatable bonds is 20. The van der Waals surface area contributed by atoms with Crippen molar-refractivity contribution in [1.82, 2.24) is 5.32 Å². The fourth-order valence-corrected chi connectivity index (χ4v) is 4.52. The fourth-order valence-electron chi connectivity index (χ4n) is 4.52. The predicted octanol–water partition coefficient (Wildman–Crippen LogP) is 6.40. The number of morpholine rings is 1. The molecule has 4 nitrogen and oxygen atoms in total. The molecule has 0 aromatic carbocycles. The molecule has 0 saturated carbocycles. The number of allylic oxidation sites excluding steroid dienone is 2. The lowest BCUT2D eigenvalue weighted by Gasteiger charge is -2.40. The molecule has 0 bridgehead atoms. The number of ether oxygens (including phenoxy) is 1. The number of unbranched alkanes of at least 4 members (excludes halogenated alkanes) is 11. The van der Waals surface area contributed by atoms with Crippen molar-refractivity contribution < 1.29 is 14.0 Å². The van der Waals surface area contributed by atoms with Crippen molar-refractivity contribution >= 4 is 5.91 Å². The maximum Gasteiger partial charge on any atom is 0.219 e. The molecule has 0 radical (unpaired) electrons. The lowest BCUT2D eigenvalue weighted by atomic mass is 10.1. The fraction of sp³-hybridized carbons (Fsp3) is 0.889. The Labute approximate surface area is 193 Å². The molecule has 1 rings (SSSR count). The lowest BCUT2D eigenvalue weighted by Crippen LogP contribution is -2.55. The highest BCUT2D eigenvalue weighted by atomic mass is 16.5. The molecule has 0 unspecified atom stereocenters. The van der Waals surface area contributed by atoms with Gasteiger partial charge in [-0.3, -0.25) is 4.79 Å². The second-order valence-corrected chi connectivity index (χ2v) is 9.48. The van der Waals surface area contributed by atoms with Crippen molar-refractivity contribution in [3.8, 4) is 0 Å². The molecule has 1 heterocycles. The van der Waals surface area contributed by atoms with Crippen molar-refractivity contribution in [2.75, 3.05) is 45.9 Å². The predicted molar refractivity (Wildman–Crippen MR) is 133 cm³/mol. The Morgan fingerprint density at radius 3 is 2.00 bits per heavy atom. The van der Waals surface area contributed by atoms with Gasteiger partial charge in [-0.25, -0.2) is 0 Å². The quantitative estimate of drug-likeness (QED) is 0.136. The summed E-state index contributed by atoms with van der Waals surface area (Å²) in [7, 11) is 0. The molecular weight excluding hydrogens is 384 g/mol. The van der Waals surface area contributed by atoms with Gasteiger partial charge in [-0.05, 0) is 39.0 Å². The highest BCUT2D eigenvalue weighted by molar-refractivity contribution is 5.75. The van der Waals surface area contributed by atoms with E-state index in [1.165, 1.54) is 83.6 Å². The second kappa shape index (κ2) is 19.8. The van der Waals surface area contributed by atoms with E-state index >= 15 is 0 Å². The number of carbonyl (C=O) groups excluding carboxylic acids is 1. The monoisotopic (exact) mass is 437 g/mol. The second-order valence-electron chi connectivity index (χ2n) is 9.48. The van der Waals surface area contributed by atoms with E-state index in [1.807, 2.05) is 0 Å². The van der Waals surface area contributed by atoms with Crippen LogP contribution in [0, 0.1) is 0 Å². The van der Waals surface area contributed by atoms with E-state index in [-0.39, 0.29) is 5.91 Å². The maximum absolute atomic E-state index is 12.0. The van der Waals surface area contributed by atoms with Gasteiger partial charge < -0.3 is 14.5 Å². The summed E-state index contributed by atoms with van der Waals surface area (Å²) in [6.45, 7) is 11.7. The van der Waals surface area contributed by atoms with E-state index < -0.39 is 0 Å². The van der Waals surface area contributed by atoms with Gasteiger partial charge in [0, 0.05) is 19.4 Å². The van der Waals surface area contributed by atoms with Crippen LogP contribution < -0.4 is 5.32 Å². The molecule has 0 spiro atoms. The number of hydrogen-bond acceptors (Lipinski definition) is 2. The molecular formula is C27H53N2O2+. The van der Waals surface area contributed by atoms with Gasteiger partial charge in [-0.2, -0.15) is 0 Å². The molecule has 1 fully saturated rings. The Bertz CT molecular complexity index is 445. The number of likely N-dealkylation sites (N-methyl/N-ethyl adjacent to an activating group) is 1. The lowest BCUT2D eigenvalue weighted by molar-refractivity contribution is -0.933. The van der Waals surface area contributed by atoms with Gasteiger partial charge in [0.1, 0.15) is 13.1 Å². The summed E-state index contributed by atoms with van der Waals surface area (Å²) in [6.07, 6.45) is 23.4. The van der Waals surface area contributed by atoms with Crippen LogP contribution in [0.3, 0.4) is 0 Å². The molecule has 4 heteroatoms. The summed E-state index contributed by atoms with van der Waals surface area (Å²) in [5.41, 5.74) is 0. The molecule has 182 valence electrons. The Hall–Kier alpha value is -0.870. The van der Waals surface area contributed by atoms with Crippen molar-refractivity contribution in [3.63, 3.8) is 0 Å². The molecule has 0 atom stereocenters. The van der Waals surface area contributed by atoms with E-state index in [0.717, 1.165) is 56.7 Å². The summed E-state index contributed by atoms with van der Waals surface area (Å²) < 4.78 is 6.66. The summed E-state index contributed by atoms with van der Waals surface area (Å²) in [5, 5.41) is 3.12. The maximum atomic E-state index is 12.0. The number of amides is 1. The highest BCUT2D eigenvalue weighted by Crippen LogP contribution is 2.12. The van der Waals surface area contributed by atoms with Gasteiger partial charge >= 0.3 is 0 Å². The summed E-state index contributed by atoms with van der Waals surface area (Å²) in [5.74, 6) is 0.239. The minimum absolute atomic E-state index is 0.239. The molecule has 1 N–H and O–H groups in total. The van der Waals surface area contributed by atoms with Crippen LogP contribution in [-0.2, 0) is 9.53 Å². The number of quaternary nitrogens is 1. The van der Waals surface area contributed by atoms with Crippen LogP contribution in [-0.4, -0.2) is 56.3 Å². The summed E-state index contributed by atoms with van der Waals surface area (Å²) in [4.78, 5) is 12.0. The van der Waals surface area contributed by atoms with Crippen molar-refractivity contribution in [1.29, 1.82) is 0 Å². The molecule has 0 aromatic rings. The van der Waals surface area contributed by atoms with Crippen LogP contribution in [0.1, 0.15) is 110 Å². The molecule has 1 amide bonds. The van der Waals surface area contributed by atoms with Gasteiger partial charge in [0.15, 0.2) is 0 Å². The molecule has 0 aromatic heterocycles. The van der Waals surface area contributed by atoms with Crippen molar-refractivity contribution in [3.05, 3.63) is 12.2 Å². The van der Waals surface area contributed by atoms with Gasteiger partial charge in [0.2, 0.25) is 5.91 Å². The van der Waals surface area contributed by atoms with Gasteiger partial charge in [-0.15, -0.1) is 0 Å². The molecule has 31 heavy (non-hydrogen) atoms. The number of hydrogen-bond donors (Lipinski definition) is 1. The third-order valence-electron chi connectivity index (χ3n) is 6.89. The molecule has 0 aliphatic carbocycles. The Kier molecular flexibility index (Phi) is 18.0. The minimum Gasteiger partial charge on any atom is -0.370 e. The van der Waals surface area contributed by atoms with Gasteiger partial charge in [0.25, 0.3) is 0 Å². The first kappa shape index (κ1) is 28.2. The average molecular weight is 438 g/mol. The molecule has 1 saturated heterocycles. The summed E-state index contributed by atoms with van der Waals surface area (Å²) in [6, 6.07) is 0. The SMILES string of the molecule is CCCCCCCC/C=C\CCCCCCCC(=O)NCCC[N+]1(CC)CCOCC1. The zero-order valence-electron chi connectivity index (χ0n) is 21.0. The Balaban J connectivity index is 1.84. The first-order valence-corrected chi connectivity index (χ1v) is 13.6. The van der Waals surface area contributed by atoms with Crippen LogP contribution >= 0.6 is 0 Å². The van der Waals surface area contributed by atoms with E-state index in [1.54, 1.807) is 0 Å². The smallest absolute Gasteiger partial charge is 0.219 e. The van der Waals surface area contributed by atoms with Crippen LogP contribution in [0.15, 0.2) is 12.2 Å². The topological polar surface area (TPSA) is 38.3 Å². The largest absolute Gasteiger partial charge is 0.370 e. The number of carbonyl (C=O) groups is 1. The number of nitrogens with zero attached hydrogens (tertiary/aromatic N) is 1. The third kappa shape index (κ3) is 15.6. The van der Waals surface area contributed by atoms with Crippen LogP contribution in [0.5, 0.6) is 0 Å². The standard InChI is InChI=1S/C27H52N2O2/c1-3-5-6-7-8-9-10-11-12-13-14-15-16-17-18-20-27(30)28-21-19-22-29(4-2)23-25-31-26-24-29/h11-12H,3-10,13-26H2,1-2H3/p+1/b12-11-. The van der Waals surface area contributed by atoms with E-state index in [0.29, 0.717) is 6.42 Å². The van der Waals surface area contributed by atoms with E-state index in [4.69, 9.17) is 4.74 Å². The van der Waals surface area contributed by atoms with Gasteiger partial charge in [0.05, 0.1) is 26.3 Å². The first-order chi connectivity index (χ1) is 15.2. The molecule has 1 aliphatic rings. The van der Waals surface area contributed by atoms with E-state index in [9.17, 15) is 4.79 Å². The normalized spacial score (nSPS) is 16.1. The van der Waals surface area contributed by atoms with Crippen molar-refractivity contribution in [2.45, 2.75) is 110 Å². The zero-order valence-corrected chi connectivity index (χ0v) is 21.0. The van der Waals surface area contributed by atoms with Gasteiger partial charge in [-0.1, -0.05) is 70.4 Å². The minimum atomic E-state index is 0.239. The third-order valence-corrected chi connectivity index (χ3v) is 6.89. The van der Waals surface area contributed by atoms with Crippen molar-refractivity contribution in [2.24, 2.45) is 0 Å². The van der Waals surface area contributed by atoms with Crippen LogP contribution in [0.25, 0.3) is 0 Å². The Morgan fingerprint density at radius 2 is 1.39 bits per heavy atom. The van der Waals surface area contributed by atoms with E-state index in [2.05, 4.69) is 31.3 Å². The summed E-state index contributed by atoms with van der Waals surface area (Å²) >= 11 is 0. The Morgan fingerprint density at radius 1 is 0.806 bits per heavy atom.